The van der Waals surface area contributed by atoms with Crippen LogP contribution in [0.4, 0.5) is 0 Å². The Bertz CT molecular complexity index is 507. The van der Waals surface area contributed by atoms with Gasteiger partial charge >= 0.3 is 5.97 Å². The Morgan fingerprint density at radius 2 is 1.70 bits per heavy atom. The molecule has 1 saturated carbocycles. The monoisotopic (exact) mass is 403 g/mol. The molecule has 0 unspecified atom stereocenters. The zero-order chi connectivity index (χ0) is 14.7. The van der Waals surface area contributed by atoms with Crippen LogP contribution in [0.15, 0.2) is 27.1 Å². The number of carboxylic acid groups (broad SMARTS) is 1. The third kappa shape index (κ3) is 3.82. The second kappa shape index (κ2) is 6.72. The van der Waals surface area contributed by atoms with Gasteiger partial charge in [-0.15, -0.1) is 0 Å². The summed E-state index contributed by atoms with van der Waals surface area (Å²) < 4.78 is 1.58. The number of rotatable bonds is 4. The number of aliphatic carboxylic acids is 1. The number of hydrogen-bond donors (Lipinski definition) is 1. The summed E-state index contributed by atoms with van der Waals surface area (Å²) in [7, 11) is 0. The quantitative estimate of drug-likeness (QED) is 0.832. The van der Waals surface area contributed by atoms with Gasteiger partial charge in [0.25, 0.3) is 5.91 Å². The summed E-state index contributed by atoms with van der Waals surface area (Å²) in [5, 5.41) is 9.04. The molecule has 0 saturated heterocycles. The van der Waals surface area contributed by atoms with Gasteiger partial charge in [0, 0.05) is 20.6 Å². The predicted molar refractivity (Wildman–Crippen MR) is 82.8 cm³/mol. The number of benzene rings is 1. The van der Waals surface area contributed by atoms with E-state index < -0.39 is 5.97 Å². The Balaban J connectivity index is 2.26. The normalized spacial score (nSPS) is 15.3. The van der Waals surface area contributed by atoms with E-state index in [0.29, 0.717) is 5.56 Å². The molecular weight excluding hydrogens is 390 g/mol. The van der Waals surface area contributed by atoms with E-state index in [4.69, 9.17) is 5.11 Å². The highest BCUT2D eigenvalue weighted by Crippen LogP contribution is 2.26. The lowest BCUT2D eigenvalue weighted by molar-refractivity contribution is -0.138. The fraction of sp³-hybridized carbons (Fsp3) is 0.429. The van der Waals surface area contributed by atoms with E-state index >= 15 is 0 Å². The van der Waals surface area contributed by atoms with Gasteiger partial charge in [-0.3, -0.25) is 9.59 Å². The van der Waals surface area contributed by atoms with Gasteiger partial charge in [0.15, 0.2) is 0 Å². The molecule has 4 nitrogen and oxygen atoms in total. The summed E-state index contributed by atoms with van der Waals surface area (Å²) in [4.78, 5) is 25.1. The Morgan fingerprint density at radius 1 is 1.15 bits per heavy atom. The molecule has 0 aliphatic heterocycles. The third-order valence-electron chi connectivity index (χ3n) is 3.44. The highest BCUT2D eigenvalue weighted by molar-refractivity contribution is 9.11. The van der Waals surface area contributed by atoms with E-state index in [9.17, 15) is 9.59 Å². The van der Waals surface area contributed by atoms with Crippen LogP contribution in [-0.2, 0) is 4.79 Å². The first-order chi connectivity index (χ1) is 9.47. The Labute approximate surface area is 134 Å². The highest BCUT2D eigenvalue weighted by atomic mass is 79.9. The van der Waals surface area contributed by atoms with Gasteiger partial charge in [-0.05, 0) is 31.0 Å². The molecule has 0 bridgehead atoms. The van der Waals surface area contributed by atoms with Crippen molar-refractivity contribution in [2.75, 3.05) is 6.54 Å². The molecule has 1 aliphatic rings. The average Bonchev–Trinajstić information content (AvgIpc) is 2.87. The maximum absolute atomic E-state index is 12.6. The molecule has 0 atom stereocenters. The number of nitrogens with zero attached hydrogens (tertiary/aromatic N) is 1. The van der Waals surface area contributed by atoms with Crippen molar-refractivity contribution in [1.29, 1.82) is 0 Å². The van der Waals surface area contributed by atoms with Gasteiger partial charge < -0.3 is 10.0 Å². The molecule has 1 aromatic carbocycles. The van der Waals surface area contributed by atoms with E-state index in [1.165, 1.54) is 4.90 Å². The predicted octanol–water partition coefficient (Wildman–Crippen LogP) is 3.68. The van der Waals surface area contributed by atoms with Gasteiger partial charge in [0.05, 0.1) is 0 Å². The maximum atomic E-state index is 12.6. The van der Waals surface area contributed by atoms with Crippen molar-refractivity contribution >= 4 is 43.7 Å². The van der Waals surface area contributed by atoms with Crippen LogP contribution in [-0.4, -0.2) is 34.5 Å². The third-order valence-corrected chi connectivity index (χ3v) is 4.36. The number of carbonyl (C=O) groups excluding carboxylic acids is 1. The number of hydrogen-bond acceptors (Lipinski definition) is 2. The van der Waals surface area contributed by atoms with Crippen LogP contribution < -0.4 is 0 Å². The minimum absolute atomic E-state index is 0.0383. The van der Waals surface area contributed by atoms with Gasteiger partial charge in [-0.25, -0.2) is 0 Å². The molecule has 0 spiro atoms. The molecule has 20 heavy (non-hydrogen) atoms. The molecule has 1 aromatic rings. The minimum Gasteiger partial charge on any atom is -0.480 e. The second-order valence-corrected chi connectivity index (χ2v) is 6.75. The summed E-state index contributed by atoms with van der Waals surface area (Å²) in [5.74, 6) is -1.19. The van der Waals surface area contributed by atoms with Crippen LogP contribution in [0.25, 0.3) is 0 Å². The van der Waals surface area contributed by atoms with Crippen LogP contribution in [0.2, 0.25) is 0 Å². The first kappa shape index (κ1) is 15.5. The molecule has 2 rings (SSSR count). The van der Waals surface area contributed by atoms with Crippen molar-refractivity contribution in [3.8, 4) is 0 Å². The zero-order valence-corrected chi connectivity index (χ0v) is 14.0. The standard InChI is InChI=1S/C14H15Br2NO3/c15-10-5-9(6-11(16)7-10)14(20)17(8-13(18)19)12-3-1-2-4-12/h5-7,12H,1-4,8H2,(H,18,19). The lowest BCUT2D eigenvalue weighted by Gasteiger charge is -2.27. The fourth-order valence-corrected chi connectivity index (χ4v) is 3.87. The number of amides is 1. The van der Waals surface area contributed by atoms with E-state index in [0.717, 1.165) is 34.6 Å². The van der Waals surface area contributed by atoms with Crippen molar-refractivity contribution in [2.45, 2.75) is 31.7 Å². The first-order valence-electron chi connectivity index (χ1n) is 6.46. The first-order valence-corrected chi connectivity index (χ1v) is 8.05. The molecule has 1 aliphatic carbocycles. The van der Waals surface area contributed by atoms with Gasteiger partial charge in [0.1, 0.15) is 6.54 Å². The molecule has 0 aromatic heterocycles. The summed E-state index contributed by atoms with van der Waals surface area (Å²) in [6, 6.07) is 5.32. The summed E-state index contributed by atoms with van der Waals surface area (Å²) in [6.07, 6.45) is 3.87. The number of carboxylic acids is 1. The van der Waals surface area contributed by atoms with Crippen molar-refractivity contribution in [3.05, 3.63) is 32.7 Å². The smallest absolute Gasteiger partial charge is 0.323 e. The lowest BCUT2D eigenvalue weighted by Crippen LogP contribution is -2.42. The fourth-order valence-electron chi connectivity index (χ4n) is 2.57. The van der Waals surface area contributed by atoms with Gasteiger partial charge in [-0.1, -0.05) is 44.7 Å². The molecule has 6 heteroatoms. The van der Waals surface area contributed by atoms with E-state index in [1.54, 1.807) is 12.1 Å². The van der Waals surface area contributed by atoms with Crippen LogP contribution >= 0.6 is 31.9 Å². The topological polar surface area (TPSA) is 57.6 Å². The zero-order valence-electron chi connectivity index (χ0n) is 10.8. The maximum Gasteiger partial charge on any atom is 0.323 e. The summed E-state index contributed by atoms with van der Waals surface area (Å²) in [5.41, 5.74) is 0.499. The van der Waals surface area contributed by atoms with Crippen molar-refractivity contribution in [2.24, 2.45) is 0 Å². The molecular formula is C14H15Br2NO3. The van der Waals surface area contributed by atoms with E-state index in [1.807, 2.05) is 6.07 Å². The van der Waals surface area contributed by atoms with Gasteiger partial charge in [0.2, 0.25) is 0 Å². The SMILES string of the molecule is O=C(O)CN(C(=O)c1cc(Br)cc(Br)c1)C1CCCC1. The number of halogens is 2. The van der Waals surface area contributed by atoms with Crippen LogP contribution in [0.5, 0.6) is 0 Å². The summed E-state index contributed by atoms with van der Waals surface area (Å²) in [6.45, 7) is -0.242. The summed E-state index contributed by atoms with van der Waals surface area (Å²) >= 11 is 6.70. The highest BCUT2D eigenvalue weighted by Gasteiger charge is 2.29. The molecule has 0 heterocycles. The van der Waals surface area contributed by atoms with Crippen molar-refractivity contribution in [1.82, 2.24) is 4.90 Å². The second-order valence-electron chi connectivity index (χ2n) is 4.92. The molecule has 0 radical (unpaired) electrons. The Kier molecular flexibility index (Phi) is 5.21. The van der Waals surface area contributed by atoms with Crippen LogP contribution in [0.3, 0.4) is 0 Å². The lowest BCUT2D eigenvalue weighted by atomic mass is 10.1. The van der Waals surface area contributed by atoms with Crippen LogP contribution in [0.1, 0.15) is 36.0 Å². The average molecular weight is 405 g/mol. The van der Waals surface area contributed by atoms with Crippen LogP contribution in [0, 0.1) is 0 Å². The Morgan fingerprint density at radius 3 is 2.20 bits per heavy atom. The van der Waals surface area contributed by atoms with E-state index in [-0.39, 0.29) is 18.5 Å². The largest absolute Gasteiger partial charge is 0.480 e. The van der Waals surface area contributed by atoms with Gasteiger partial charge in [-0.2, -0.15) is 0 Å². The minimum atomic E-state index is -0.973. The van der Waals surface area contributed by atoms with Crippen molar-refractivity contribution < 1.29 is 14.7 Å². The molecule has 1 N–H and O–H groups in total. The number of carbonyl (C=O) groups is 2. The molecule has 1 amide bonds. The molecule has 1 fully saturated rings. The van der Waals surface area contributed by atoms with Crippen molar-refractivity contribution in [3.63, 3.8) is 0 Å². The Hall–Kier alpha value is -0.880. The van der Waals surface area contributed by atoms with E-state index in [2.05, 4.69) is 31.9 Å². The molecule has 108 valence electrons.